The molecule has 0 saturated carbocycles. The number of benzene rings is 2. The van der Waals surface area contributed by atoms with Crippen LogP contribution in [0.1, 0.15) is 22.8 Å². The molecule has 0 radical (unpaired) electrons. The van der Waals surface area contributed by atoms with Gasteiger partial charge in [0, 0.05) is 18.3 Å². The number of carbonyl (C=O) groups is 2. The van der Waals surface area contributed by atoms with Gasteiger partial charge in [-0.3, -0.25) is 4.79 Å². The number of carbonyl (C=O) groups excluding carboxylic acids is 2. The number of Topliss-reactive ketones (excluding diaryl/α,β-unsaturated/α-hetero) is 1. The third-order valence-corrected chi connectivity index (χ3v) is 3.58. The van der Waals surface area contributed by atoms with Gasteiger partial charge in [-0.2, -0.15) is 0 Å². The lowest BCUT2D eigenvalue weighted by Gasteiger charge is -2.09. The summed E-state index contributed by atoms with van der Waals surface area (Å²) in [5, 5.41) is 3.28. The number of ether oxygens (including phenoxy) is 1. The molecule has 0 bridgehead atoms. The molecule has 0 saturated heterocycles. The second-order valence-electron chi connectivity index (χ2n) is 4.95. The molecule has 0 fully saturated rings. The van der Waals surface area contributed by atoms with Crippen molar-refractivity contribution in [2.45, 2.75) is 13.5 Å². The van der Waals surface area contributed by atoms with Crippen molar-refractivity contribution in [2.75, 3.05) is 6.61 Å². The Kier molecular flexibility index (Phi) is 6.58. The van der Waals surface area contributed by atoms with Crippen molar-refractivity contribution >= 4 is 23.4 Å². The molecule has 0 spiro atoms. The zero-order chi connectivity index (χ0) is 17.4. The van der Waals surface area contributed by atoms with Crippen molar-refractivity contribution in [3.8, 4) is 0 Å². The molecule has 5 heteroatoms. The van der Waals surface area contributed by atoms with E-state index in [2.05, 4.69) is 5.32 Å². The van der Waals surface area contributed by atoms with Crippen LogP contribution in [0.4, 0.5) is 0 Å². The molecule has 0 aliphatic heterocycles. The van der Waals surface area contributed by atoms with Crippen LogP contribution in [0.25, 0.3) is 0 Å². The summed E-state index contributed by atoms with van der Waals surface area (Å²) in [4.78, 5) is 24.7. The first kappa shape index (κ1) is 17.8. The number of esters is 1. The lowest BCUT2D eigenvalue weighted by atomic mass is 10.0. The highest BCUT2D eigenvalue weighted by atomic mass is 35.5. The number of halogens is 1. The Balaban J connectivity index is 2.21. The Labute approximate surface area is 146 Å². The van der Waals surface area contributed by atoms with E-state index in [1.807, 2.05) is 30.3 Å². The van der Waals surface area contributed by atoms with E-state index in [9.17, 15) is 9.59 Å². The van der Waals surface area contributed by atoms with E-state index in [4.69, 9.17) is 16.3 Å². The van der Waals surface area contributed by atoms with E-state index in [-0.39, 0.29) is 17.7 Å². The van der Waals surface area contributed by atoms with Crippen molar-refractivity contribution in [2.24, 2.45) is 0 Å². The van der Waals surface area contributed by atoms with Gasteiger partial charge in [0.05, 0.1) is 11.6 Å². The summed E-state index contributed by atoms with van der Waals surface area (Å²) in [7, 11) is 0. The Morgan fingerprint density at radius 1 is 1.08 bits per heavy atom. The Hall–Kier alpha value is -2.59. The summed E-state index contributed by atoms with van der Waals surface area (Å²) in [5.41, 5.74) is 1.21. The molecule has 2 aromatic rings. The summed E-state index contributed by atoms with van der Waals surface area (Å²) in [5.74, 6) is -1.15. The van der Waals surface area contributed by atoms with E-state index >= 15 is 0 Å². The largest absolute Gasteiger partial charge is 0.462 e. The summed E-state index contributed by atoms with van der Waals surface area (Å²) >= 11 is 6.05. The van der Waals surface area contributed by atoms with E-state index < -0.39 is 11.8 Å². The maximum Gasteiger partial charge on any atom is 0.343 e. The number of ketones is 1. The molecule has 4 nitrogen and oxygen atoms in total. The first-order valence-corrected chi connectivity index (χ1v) is 7.95. The Bertz CT molecular complexity index is 741. The quantitative estimate of drug-likeness (QED) is 0.273. The average Bonchev–Trinajstić information content (AvgIpc) is 2.60. The SMILES string of the molecule is CCOC(=O)C(=CNCc1ccccc1)C(=O)c1ccccc1Cl. The van der Waals surface area contributed by atoms with Crippen LogP contribution in [0, 0.1) is 0 Å². The predicted octanol–water partition coefficient (Wildman–Crippen LogP) is 3.76. The fourth-order valence-electron chi connectivity index (χ4n) is 2.08. The van der Waals surface area contributed by atoms with Crippen LogP contribution >= 0.6 is 11.6 Å². The van der Waals surface area contributed by atoms with Gasteiger partial charge in [0.25, 0.3) is 0 Å². The minimum Gasteiger partial charge on any atom is -0.462 e. The maximum atomic E-state index is 12.6. The van der Waals surface area contributed by atoms with Crippen LogP contribution in [0.2, 0.25) is 5.02 Å². The van der Waals surface area contributed by atoms with Crippen LogP contribution in [0.5, 0.6) is 0 Å². The van der Waals surface area contributed by atoms with E-state index in [0.717, 1.165) is 5.56 Å². The number of hydrogen-bond acceptors (Lipinski definition) is 4. The molecule has 0 aliphatic rings. The normalized spacial score (nSPS) is 11.0. The third-order valence-electron chi connectivity index (χ3n) is 3.25. The van der Waals surface area contributed by atoms with Gasteiger partial charge in [0.1, 0.15) is 5.57 Å². The summed E-state index contributed by atoms with van der Waals surface area (Å²) in [6.45, 7) is 2.36. The minimum atomic E-state index is -0.678. The Morgan fingerprint density at radius 3 is 2.42 bits per heavy atom. The van der Waals surface area contributed by atoms with Crippen molar-refractivity contribution < 1.29 is 14.3 Å². The monoisotopic (exact) mass is 343 g/mol. The van der Waals surface area contributed by atoms with E-state index in [0.29, 0.717) is 11.6 Å². The van der Waals surface area contributed by atoms with Gasteiger partial charge < -0.3 is 10.1 Å². The molecule has 2 rings (SSSR count). The molecule has 1 N–H and O–H groups in total. The van der Waals surface area contributed by atoms with Gasteiger partial charge in [-0.05, 0) is 24.6 Å². The van der Waals surface area contributed by atoms with Gasteiger partial charge in [-0.1, -0.05) is 54.1 Å². The fourth-order valence-corrected chi connectivity index (χ4v) is 2.30. The number of nitrogens with one attached hydrogen (secondary N) is 1. The molecule has 124 valence electrons. The average molecular weight is 344 g/mol. The lowest BCUT2D eigenvalue weighted by Crippen LogP contribution is -2.20. The summed E-state index contributed by atoms with van der Waals surface area (Å²) in [6, 6.07) is 16.2. The van der Waals surface area contributed by atoms with E-state index in [1.165, 1.54) is 6.20 Å². The zero-order valence-electron chi connectivity index (χ0n) is 13.3. The molecule has 0 heterocycles. The number of hydrogen-bond donors (Lipinski definition) is 1. The van der Waals surface area contributed by atoms with Crippen molar-refractivity contribution in [1.29, 1.82) is 0 Å². The second-order valence-corrected chi connectivity index (χ2v) is 5.36. The standard InChI is InChI=1S/C19H18ClNO3/c1-2-24-19(23)16(13-21-12-14-8-4-3-5-9-14)18(22)15-10-6-7-11-17(15)20/h3-11,13,21H,2,12H2,1H3. The van der Waals surface area contributed by atoms with Gasteiger partial charge in [0.15, 0.2) is 0 Å². The topological polar surface area (TPSA) is 55.4 Å². The van der Waals surface area contributed by atoms with Crippen molar-refractivity contribution in [1.82, 2.24) is 5.32 Å². The highest BCUT2D eigenvalue weighted by molar-refractivity contribution is 6.36. The molecule has 2 aromatic carbocycles. The van der Waals surface area contributed by atoms with Gasteiger partial charge in [0.2, 0.25) is 5.78 Å². The molecule has 0 amide bonds. The molecule has 0 unspecified atom stereocenters. The molecule has 0 aromatic heterocycles. The van der Waals surface area contributed by atoms with Crippen LogP contribution in [0.3, 0.4) is 0 Å². The van der Waals surface area contributed by atoms with Crippen LogP contribution in [-0.2, 0) is 16.1 Å². The van der Waals surface area contributed by atoms with Crippen molar-refractivity contribution in [3.05, 3.63) is 82.5 Å². The fraction of sp³-hybridized carbons (Fsp3) is 0.158. The van der Waals surface area contributed by atoms with Gasteiger partial charge in [-0.25, -0.2) is 4.79 Å². The third kappa shape index (κ3) is 4.70. The first-order valence-electron chi connectivity index (χ1n) is 7.57. The highest BCUT2D eigenvalue weighted by Gasteiger charge is 2.22. The molecular weight excluding hydrogens is 326 g/mol. The second kappa shape index (κ2) is 8.89. The van der Waals surface area contributed by atoms with Crippen LogP contribution in [0.15, 0.2) is 66.4 Å². The summed E-state index contributed by atoms with van der Waals surface area (Å²) < 4.78 is 4.98. The molecule has 0 atom stereocenters. The summed E-state index contributed by atoms with van der Waals surface area (Å²) in [6.07, 6.45) is 1.39. The molecule has 0 aliphatic carbocycles. The van der Waals surface area contributed by atoms with Gasteiger partial charge in [-0.15, -0.1) is 0 Å². The predicted molar refractivity (Wildman–Crippen MR) is 93.8 cm³/mol. The van der Waals surface area contributed by atoms with Crippen LogP contribution in [-0.4, -0.2) is 18.4 Å². The highest BCUT2D eigenvalue weighted by Crippen LogP contribution is 2.19. The van der Waals surface area contributed by atoms with Crippen LogP contribution < -0.4 is 5.32 Å². The lowest BCUT2D eigenvalue weighted by molar-refractivity contribution is -0.138. The molecular formula is C19H18ClNO3. The first-order chi connectivity index (χ1) is 11.6. The number of rotatable bonds is 7. The Morgan fingerprint density at radius 2 is 1.75 bits per heavy atom. The molecule has 24 heavy (non-hydrogen) atoms. The van der Waals surface area contributed by atoms with E-state index in [1.54, 1.807) is 31.2 Å². The maximum absolute atomic E-state index is 12.6. The zero-order valence-corrected chi connectivity index (χ0v) is 14.0. The minimum absolute atomic E-state index is 0.0825. The smallest absolute Gasteiger partial charge is 0.343 e. The van der Waals surface area contributed by atoms with Gasteiger partial charge >= 0.3 is 5.97 Å². The van der Waals surface area contributed by atoms with Crippen molar-refractivity contribution in [3.63, 3.8) is 0 Å².